The lowest BCUT2D eigenvalue weighted by atomic mass is 10.1. The topological polar surface area (TPSA) is 193 Å². The number of ether oxygens (including phenoxy) is 2. The molecule has 5 N–H and O–H groups in total. The van der Waals surface area contributed by atoms with Gasteiger partial charge in [0.05, 0.1) is 12.9 Å². The summed E-state index contributed by atoms with van der Waals surface area (Å²) in [6.07, 6.45) is 0.998. The number of aliphatic hydroxyl groups excluding tert-OH is 1. The van der Waals surface area contributed by atoms with Crippen LogP contribution < -0.4 is 11.3 Å². The maximum absolute atomic E-state index is 12.3. The Labute approximate surface area is 162 Å². The molecule has 0 saturated carbocycles. The molecule has 156 valence electrons. The van der Waals surface area contributed by atoms with E-state index < -0.39 is 37.8 Å². The number of aromatic amines is 1. The number of hydrogen-bond donors (Lipinski definition) is 4. The van der Waals surface area contributed by atoms with E-state index in [9.17, 15) is 19.4 Å². The molecular formula is C14H18N7O7P. The SMILES string of the molecule is CO[C@H]1[C@@H](O)[C@H](n2cnc3c(=O)[nH]c(N)nc32)O[C@@H]1COP(=O)(O)n1ccnc1. The zero-order chi connectivity index (χ0) is 20.8. The van der Waals surface area contributed by atoms with Crippen LogP contribution in [0.15, 0.2) is 29.8 Å². The minimum Gasteiger partial charge on any atom is -0.386 e. The summed E-state index contributed by atoms with van der Waals surface area (Å²) >= 11 is 0. The van der Waals surface area contributed by atoms with Crippen LogP contribution in [0.1, 0.15) is 6.23 Å². The Morgan fingerprint density at radius 3 is 2.93 bits per heavy atom. The van der Waals surface area contributed by atoms with Crippen LogP contribution in [0.5, 0.6) is 0 Å². The number of nitrogens with zero attached hydrogens (tertiary/aromatic N) is 5. The van der Waals surface area contributed by atoms with Crippen LogP contribution >= 0.6 is 7.75 Å². The Bertz CT molecular complexity index is 1110. The molecule has 1 aliphatic heterocycles. The fraction of sp³-hybridized carbons (Fsp3) is 0.429. The van der Waals surface area contributed by atoms with Gasteiger partial charge in [-0.1, -0.05) is 0 Å². The Kier molecular flexibility index (Phi) is 4.98. The van der Waals surface area contributed by atoms with Gasteiger partial charge in [0.15, 0.2) is 17.4 Å². The van der Waals surface area contributed by atoms with Crippen molar-refractivity contribution in [3.05, 3.63) is 35.4 Å². The van der Waals surface area contributed by atoms with Crippen LogP contribution in [0, 0.1) is 0 Å². The van der Waals surface area contributed by atoms with Gasteiger partial charge in [-0.15, -0.1) is 0 Å². The molecular weight excluding hydrogens is 409 g/mol. The summed E-state index contributed by atoms with van der Waals surface area (Å²) in [6, 6.07) is 0. The van der Waals surface area contributed by atoms with Crippen LogP contribution in [0.4, 0.5) is 5.95 Å². The summed E-state index contributed by atoms with van der Waals surface area (Å²) < 4.78 is 30.8. The van der Waals surface area contributed by atoms with Crippen LogP contribution in [0.2, 0.25) is 0 Å². The molecule has 5 atom stereocenters. The van der Waals surface area contributed by atoms with Crippen molar-refractivity contribution < 1.29 is 28.6 Å². The van der Waals surface area contributed by atoms with Gasteiger partial charge >= 0.3 is 7.75 Å². The summed E-state index contributed by atoms with van der Waals surface area (Å²) in [4.78, 5) is 36.0. The zero-order valence-corrected chi connectivity index (χ0v) is 15.9. The molecule has 1 fully saturated rings. The van der Waals surface area contributed by atoms with Crippen molar-refractivity contribution in [2.24, 2.45) is 0 Å². The number of aromatic nitrogens is 6. The molecule has 14 nitrogen and oxygen atoms in total. The molecule has 0 spiro atoms. The zero-order valence-electron chi connectivity index (χ0n) is 15.0. The molecule has 15 heteroatoms. The quantitative estimate of drug-likeness (QED) is 0.347. The second-order valence-electron chi connectivity index (χ2n) is 6.26. The molecule has 1 aliphatic rings. The van der Waals surface area contributed by atoms with Crippen LogP contribution in [0.3, 0.4) is 0 Å². The van der Waals surface area contributed by atoms with Crippen LogP contribution in [-0.4, -0.2) is 70.9 Å². The highest BCUT2D eigenvalue weighted by Gasteiger charge is 2.46. The highest BCUT2D eigenvalue weighted by Crippen LogP contribution is 2.44. The number of nitrogens with two attached hydrogens (primary N) is 1. The Morgan fingerprint density at radius 2 is 2.24 bits per heavy atom. The van der Waals surface area contributed by atoms with Crippen molar-refractivity contribution in [2.75, 3.05) is 19.5 Å². The van der Waals surface area contributed by atoms with E-state index in [1.807, 2.05) is 0 Å². The number of methoxy groups -OCH3 is 1. The molecule has 29 heavy (non-hydrogen) atoms. The molecule has 4 rings (SSSR count). The Hall–Kier alpha value is -2.61. The number of imidazole rings is 2. The van der Waals surface area contributed by atoms with E-state index in [2.05, 4.69) is 19.9 Å². The van der Waals surface area contributed by atoms with E-state index in [-0.39, 0.29) is 23.7 Å². The van der Waals surface area contributed by atoms with Gasteiger partial charge in [0.1, 0.15) is 24.6 Å². The predicted molar refractivity (Wildman–Crippen MR) is 96.7 cm³/mol. The number of fused-ring (bicyclic) bond motifs is 1. The summed E-state index contributed by atoms with van der Waals surface area (Å²) in [6.45, 7) is -0.360. The normalized spacial score (nSPS) is 26.7. The number of anilines is 1. The molecule has 0 amide bonds. The number of H-pyrrole nitrogens is 1. The highest BCUT2D eigenvalue weighted by atomic mass is 31.2. The van der Waals surface area contributed by atoms with Crippen molar-refractivity contribution in [2.45, 2.75) is 24.5 Å². The second kappa shape index (κ2) is 7.33. The average Bonchev–Trinajstić information content (AvgIpc) is 3.39. The van der Waals surface area contributed by atoms with E-state index in [0.29, 0.717) is 0 Å². The molecule has 3 aromatic heterocycles. The van der Waals surface area contributed by atoms with Gasteiger partial charge in [-0.2, -0.15) is 4.98 Å². The van der Waals surface area contributed by atoms with Crippen LogP contribution in [0.25, 0.3) is 11.2 Å². The first-order valence-electron chi connectivity index (χ1n) is 8.36. The summed E-state index contributed by atoms with van der Waals surface area (Å²) in [5.41, 5.74) is 5.17. The minimum absolute atomic E-state index is 0.0173. The van der Waals surface area contributed by atoms with Crippen molar-refractivity contribution in [1.29, 1.82) is 0 Å². The number of rotatable bonds is 6. The molecule has 4 heterocycles. The third-order valence-electron chi connectivity index (χ3n) is 4.50. The fourth-order valence-corrected chi connectivity index (χ4v) is 4.04. The van der Waals surface area contributed by atoms with E-state index in [0.717, 1.165) is 10.7 Å². The highest BCUT2D eigenvalue weighted by molar-refractivity contribution is 7.51. The van der Waals surface area contributed by atoms with E-state index in [4.69, 9.17) is 19.7 Å². The Morgan fingerprint density at radius 1 is 1.45 bits per heavy atom. The van der Waals surface area contributed by atoms with Crippen molar-refractivity contribution in [1.82, 2.24) is 28.8 Å². The molecule has 3 aromatic rings. The maximum Gasteiger partial charge on any atom is 0.437 e. The third kappa shape index (κ3) is 3.46. The summed E-state index contributed by atoms with van der Waals surface area (Å²) in [7, 11) is -2.84. The smallest absolute Gasteiger partial charge is 0.386 e. The predicted octanol–water partition coefficient (Wildman–Crippen LogP) is -1.16. The molecule has 0 bridgehead atoms. The molecule has 0 radical (unpaired) electrons. The molecule has 0 aromatic carbocycles. The van der Waals surface area contributed by atoms with E-state index >= 15 is 0 Å². The van der Waals surface area contributed by atoms with E-state index in [1.54, 1.807) is 0 Å². The van der Waals surface area contributed by atoms with Crippen molar-refractivity contribution >= 4 is 24.9 Å². The summed E-state index contributed by atoms with van der Waals surface area (Å²) in [5.74, 6) is -0.124. The van der Waals surface area contributed by atoms with Gasteiger partial charge in [0.2, 0.25) is 5.95 Å². The Balaban J connectivity index is 1.58. The number of nitrogens with one attached hydrogen (secondary N) is 1. The van der Waals surface area contributed by atoms with Gasteiger partial charge in [-0.05, 0) is 0 Å². The van der Waals surface area contributed by atoms with Gasteiger partial charge in [0.25, 0.3) is 5.56 Å². The average molecular weight is 427 g/mol. The monoisotopic (exact) mass is 427 g/mol. The lowest BCUT2D eigenvalue weighted by Gasteiger charge is -2.20. The molecule has 0 aliphatic carbocycles. The van der Waals surface area contributed by atoms with Gasteiger partial charge in [0, 0.05) is 19.5 Å². The van der Waals surface area contributed by atoms with Gasteiger partial charge in [-0.3, -0.25) is 18.9 Å². The first-order chi connectivity index (χ1) is 13.8. The maximum atomic E-state index is 12.3. The lowest BCUT2D eigenvalue weighted by Crippen LogP contribution is -2.35. The lowest BCUT2D eigenvalue weighted by molar-refractivity contribution is -0.0508. The second-order valence-corrected chi connectivity index (χ2v) is 7.96. The number of hydrogen-bond acceptors (Lipinski definition) is 10. The largest absolute Gasteiger partial charge is 0.437 e. The van der Waals surface area contributed by atoms with Crippen LogP contribution in [-0.2, 0) is 18.6 Å². The number of nitrogen functional groups attached to an aromatic ring is 1. The minimum atomic E-state index is -4.19. The van der Waals surface area contributed by atoms with Gasteiger partial charge < -0.3 is 25.2 Å². The summed E-state index contributed by atoms with van der Waals surface area (Å²) in [5, 5.41) is 10.7. The van der Waals surface area contributed by atoms with E-state index in [1.165, 1.54) is 30.4 Å². The molecule has 1 unspecified atom stereocenters. The first kappa shape index (κ1) is 19.7. The molecule has 1 saturated heterocycles. The van der Waals surface area contributed by atoms with Gasteiger partial charge in [-0.25, -0.2) is 18.9 Å². The first-order valence-corrected chi connectivity index (χ1v) is 9.89. The van der Waals surface area contributed by atoms with Crippen molar-refractivity contribution in [3.63, 3.8) is 0 Å². The fourth-order valence-electron chi connectivity index (χ4n) is 3.14. The number of aliphatic hydroxyl groups is 1. The standard InChI is InChI=1S/C14H18N7O7P/c1-26-10-7(4-27-29(24,25)20-3-2-16-5-20)28-13(9(10)22)21-6-17-8-11(21)18-14(15)19-12(8)23/h2-3,5-7,9-10,13,22H,4H2,1H3,(H,24,25)(H3,15,18,19,23)/t7-,9-,10-,13-/m1/s1. The van der Waals surface area contributed by atoms with Crippen molar-refractivity contribution in [3.8, 4) is 0 Å². The third-order valence-corrected chi connectivity index (χ3v) is 5.80.